The Morgan fingerprint density at radius 1 is 0.933 bits per heavy atom. The molecule has 3 N–H and O–H groups in total. The lowest BCUT2D eigenvalue weighted by Gasteiger charge is -2.12. The van der Waals surface area contributed by atoms with Crippen LogP contribution < -0.4 is 20.7 Å². The molecule has 3 rings (SSSR count). The maximum atomic E-state index is 12.6. The Bertz CT molecular complexity index is 1090. The van der Waals surface area contributed by atoms with Gasteiger partial charge in [-0.05, 0) is 49.4 Å². The van der Waals surface area contributed by atoms with Crippen molar-refractivity contribution in [3.05, 3.63) is 64.7 Å². The molecule has 3 amide bonds. The molecule has 0 saturated heterocycles. The predicted octanol–water partition coefficient (Wildman–Crippen LogP) is 3.92. The van der Waals surface area contributed by atoms with Crippen LogP contribution >= 0.6 is 11.3 Å². The van der Waals surface area contributed by atoms with Crippen LogP contribution in [-0.4, -0.2) is 29.8 Å². The number of nitrogens with one attached hydrogen (secondary N) is 3. The summed E-state index contributed by atoms with van der Waals surface area (Å²) < 4.78 is 5.30. The van der Waals surface area contributed by atoms with Crippen molar-refractivity contribution in [1.82, 2.24) is 4.98 Å². The number of thiazole rings is 1. The van der Waals surface area contributed by atoms with Gasteiger partial charge in [-0.1, -0.05) is 0 Å². The minimum Gasteiger partial charge on any atom is -0.495 e. The molecule has 0 saturated carbocycles. The van der Waals surface area contributed by atoms with Crippen molar-refractivity contribution in [3.8, 4) is 5.75 Å². The maximum Gasteiger partial charge on any atom is 0.257 e. The van der Waals surface area contributed by atoms with Crippen molar-refractivity contribution in [1.29, 1.82) is 0 Å². The number of nitrogens with zero attached hydrogens (tertiary/aromatic N) is 1. The van der Waals surface area contributed by atoms with Gasteiger partial charge in [0.25, 0.3) is 11.8 Å². The normalized spacial score (nSPS) is 10.2. The van der Waals surface area contributed by atoms with E-state index in [0.29, 0.717) is 33.4 Å². The van der Waals surface area contributed by atoms with Crippen LogP contribution in [0.3, 0.4) is 0 Å². The second-order valence-corrected chi connectivity index (χ2v) is 7.59. The number of benzene rings is 2. The Balaban J connectivity index is 1.77. The number of carbonyl (C=O) groups excluding carboxylic acids is 3. The van der Waals surface area contributed by atoms with Gasteiger partial charge in [0.15, 0.2) is 5.13 Å². The summed E-state index contributed by atoms with van der Waals surface area (Å²) in [4.78, 5) is 41.4. The fraction of sp³-hybridized carbons (Fsp3) is 0.143. The molecule has 2 aromatic carbocycles. The molecule has 154 valence electrons. The highest BCUT2D eigenvalue weighted by molar-refractivity contribution is 7.15. The van der Waals surface area contributed by atoms with Crippen LogP contribution in [0.15, 0.2) is 48.7 Å². The lowest BCUT2D eigenvalue weighted by Crippen LogP contribution is -2.15. The molecule has 30 heavy (non-hydrogen) atoms. The largest absolute Gasteiger partial charge is 0.495 e. The smallest absolute Gasteiger partial charge is 0.257 e. The SMILES string of the molecule is COc1ccc(C(=O)Nc2ncc(C)s2)cc1NC(=O)c1ccc(NC(C)=O)cc1. The molecule has 0 unspecified atom stereocenters. The first-order valence-electron chi connectivity index (χ1n) is 8.96. The lowest BCUT2D eigenvalue weighted by molar-refractivity contribution is -0.114. The average Bonchev–Trinajstić information content (AvgIpc) is 3.12. The van der Waals surface area contributed by atoms with Gasteiger partial charge < -0.3 is 15.4 Å². The van der Waals surface area contributed by atoms with E-state index in [-0.39, 0.29) is 17.7 Å². The summed E-state index contributed by atoms with van der Waals surface area (Å²) in [7, 11) is 1.48. The predicted molar refractivity (Wildman–Crippen MR) is 116 cm³/mol. The molecule has 3 aromatic rings. The van der Waals surface area contributed by atoms with Crippen molar-refractivity contribution in [2.24, 2.45) is 0 Å². The van der Waals surface area contributed by atoms with Gasteiger partial charge in [-0.25, -0.2) is 4.98 Å². The van der Waals surface area contributed by atoms with E-state index in [1.165, 1.54) is 31.4 Å². The van der Waals surface area contributed by atoms with Crippen LogP contribution in [0.5, 0.6) is 5.75 Å². The number of aromatic nitrogens is 1. The van der Waals surface area contributed by atoms with E-state index in [9.17, 15) is 14.4 Å². The van der Waals surface area contributed by atoms with Crippen molar-refractivity contribution < 1.29 is 19.1 Å². The van der Waals surface area contributed by atoms with E-state index >= 15 is 0 Å². The molecule has 8 nitrogen and oxygen atoms in total. The van der Waals surface area contributed by atoms with E-state index in [4.69, 9.17) is 4.74 Å². The van der Waals surface area contributed by atoms with Crippen LogP contribution in [0.1, 0.15) is 32.5 Å². The highest BCUT2D eigenvalue weighted by Gasteiger charge is 2.15. The number of ether oxygens (including phenoxy) is 1. The van der Waals surface area contributed by atoms with Gasteiger partial charge in [-0.2, -0.15) is 0 Å². The number of anilines is 3. The van der Waals surface area contributed by atoms with Crippen LogP contribution in [0, 0.1) is 6.92 Å². The third-order valence-corrected chi connectivity index (χ3v) is 4.85. The van der Waals surface area contributed by atoms with E-state index in [2.05, 4.69) is 20.9 Å². The quantitative estimate of drug-likeness (QED) is 0.556. The molecule has 9 heteroatoms. The number of methoxy groups -OCH3 is 1. The minimum atomic E-state index is -0.379. The standard InChI is InChI=1S/C21H20N4O4S/c1-12-11-22-21(30-12)25-20(28)15-6-9-18(29-3)17(10-15)24-19(27)14-4-7-16(8-5-14)23-13(2)26/h4-11H,1-3H3,(H,23,26)(H,24,27)(H,22,25,28). The number of hydrogen-bond donors (Lipinski definition) is 3. The van der Waals surface area contributed by atoms with E-state index < -0.39 is 0 Å². The van der Waals surface area contributed by atoms with Crippen LogP contribution in [0.25, 0.3) is 0 Å². The van der Waals surface area contributed by atoms with Gasteiger partial charge in [0.05, 0.1) is 12.8 Å². The fourth-order valence-corrected chi connectivity index (χ4v) is 3.29. The number of carbonyl (C=O) groups is 3. The zero-order valence-corrected chi connectivity index (χ0v) is 17.4. The van der Waals surface area contributed by atoms with E-state index in [1.54, 1.807) is 42.6 Å². The van der Waals surface area contributed by atoms with Crippen molar-refractivity contribution >= 4 is 45.6 Å². The van der Waals surface area contributed by atoms with Crippen LogP contribution in [0.4, 0.5) is 16.5 Å². The summed E-state index contributed by atoms with van der Waals surface area (Å²) in [5.74, 6) is -0.502. The van der Waals surface area contributed by atoms with Gasteiger partial charge in [0, 0.05) is 34.8 Å². The topological polar surface area (TPSA) is 109 Å². The molecule has 1 aromatic heterocycles. The zero-order valence-electron chi connectivity index (χ0n) is 16.6. The minimum absolute atomic E-state index is 0.195. The molecule has 0 fully saturated rings. The van der Waals surface area contributed by atoms with Crippen LogP contribution in [0.2, 0.25) is 0 Å². The van der Waals surface area contributed by atoms with Gasteiger partial charge in [0.1, 0.15) is 5.75 Å². The highest BCUT2D eigenvalue weighted by atomic mass is 32.1. The third kappa shape index (κ3) is 5.21. The van der Waals surface area contributed by atoms with Crippen molar-refractivity contribution in [3.63, 3.8) is 0 Å². The monoisotopic (exact) mass is 424 g/mol. The number of aryl methyl sites for hydroxylation is 1. The second kappa shape index (κ2) is 9.19. The summed E-state index contributed by atoms with van der Waals surface area (Å²) in [5, 5.41) is 8.63. The molecule has 0 spiro atoms. The fourth-order valence-electron chi connectivity index (χ4n) is 2.63. The van der Waals surface area contributed by atoms with Gasteiger partial charge in [0.2, 0.25) is 5.91 Å². The molecular weight excluding hydrogens is 404 g/mol. The zero-order chi connectivity index (χ0) is 21.7. The Hall–Kier alpha value is -3.72. The average molecular weight is 424 g/mol. The van der Waals surface area contributed by atoms with Gasteiger partial charge in [-0.15, -0.1) is 11.3 Å². The number of hydrogen-bond acceptors (Lipinski definition) is 6. The molecule has 1 heterocycles. The Kier molecular flexibility index (Phi) is 6.43. The summed E-state index contributed by atoms with van der Waals surface area (Å²) in [6.45, 7) is 3.31. The Labute approximate surface area is 177 Å². The van der Waals surface area contributed by atoms with E-state index in [1.807, 2.05) is 6.92 Å². The molecule has 0 bridgehead atoms. The third-order valence-electron chi connectivity index (χ3n) is 4.02. The lowest BCUT2D eigenvalue weighted by atomic mass is 10.1. The molecule has 0 aliphatic rings. The summed E-state index contributed by atoms with van der Waals surface area (Å²) in [6.07, 6.45) is 1.68. The van der Waals surface area contributed by atoms with E-state index in [0.717, 1.165) is 4.88 Å². The first kappa shape index (κ1) is 21.0. The first-order valence-corrected chi connectivity index (χ1v) is 9.78. The number of amides is 3. The second-order valence-electron chi connectivity index (χ2n) is 6.36. The molecule has 0 atom stereocenters. The van der Waals surface area contributed by atoms with Crippen molar-refractivity contribution in [2.45, 2.75) is 13.8 Å². The van der Waals surface area contributed by atoms with Gasteiger partial charge >= 0.3 is 0 Å². The molecular formula is C21H20N4O4S. The van der Waals surface area contributed by atoms with Gasteiger partial charge in [-0.3, -0.25) is 19.7 Å². The number of rotatable bonds is 6. The maximum absolute atomic E-state index is 12.6. The molecule has 0 radical (unpaired) electrons. The molecule has 0 aliphatic heterocycles. The Morgan fingerprint density at radius 3 is 2.20 bits per heavy atom. The summed E-state index contributed by atoms with van der Waals surface area (Å²) in [6, 6.07) is 11.2. The van der Waals surface area contributed by atoms with Crippen molar-refractivity contribution in [2.75, 3.05) is 23.1 Å². The highest BCUT2D eigenvalue weighted by Crippen LogP contribution is 2.27. The Morgan fingerprint density at radius 2 is 1.60 bits per heavy atom. The summed E-state index contributed by atoms with van der Waals surface area (Å²) >= 11 is 1.37. The molecule has 0 aliphatic carbocycles. The van der Waals surface area contributed by atoms with Crippen LogP contribution in [-0.2, 0) is 4.79 Å². The summed E-state index contributed by atoms with van der Waals surface area (Å²) in [5.41, 5.74) is 1.68. The first-order chi connectivity index (χ1) is 14.4.